The van der Waals surface area contributed by atoms with Gasteiger partial charge in [-0.05, 0) is 42.8 Å². The van der Waals surface area contributed by atoms with Crippen LogP contribution in [0.2, 0.25) is 0 Å². The van der Waals surface area contributed by atoms with Crippen LogP contribution in [0.1, 0.15) is 73.9 Å². The van der Waals surface area contributed by atoms with Gasteiger partial charge in [-0.15, -0.1) is 0 Å². The Labute approximate surface area is 159 Å². The van der Waals surface area contributed by atoms with Gasteiger partial charge in [0, 0.05) is 23.7 Å². The lowest BCUT2D eigenvalue weighted by atomic mass is 9.95. The van der Waals surface area contributed by atoms with Gasteiger partial charge in [-0.2, -0.15) is 5.10 Å². The van der Waals surface area contributed by atoms with Crippen molar-refractivity contribution in [1.29, 1.82) is 0 Å². The van der Waals surface area contributed by atoms with Gasteiger partial charge in [0.15, 0.2) is 5.82 Å². The molecule has 6 nitrogen and oxygen atoms in total. The number of aromatic amines is 2. The number of carbonyl (C=O) groups excluding carboxylic acids is 1. The fraction of sp³-hybridized carbons (Fsp3) is 0.476. The molecule has 142 valence electrons. The molecule has 3 N–H and O–H groups in total. The number of nitrogens with one attached hydrogen (secondary N) is 3. The lowest BCUT2D eigenvalue weighted by Crippen LogP contribution is -2.44. The van der Waals surface area contributed by atoms with Gasteiger partial charge in [-0.25, -0.2) is 4.98 Å². The molecule has 3 aromatic rings. The Morgan fingerprint density at radius 1 is 1.22 bits per heavy atom. The van der Waals surface area contributed by atoms with Gasteiger partial charge >= 0.3 is 0 Å². The Kier molecular flexibility index (Phi) is 4.97. The second kappa shape index (κ2) is 7.55. The number of aromatic nitrogens is 4. The van der Waals surface area contributed by atoms with E-state index in [2.05, 4.69) is 27.4 Å². The van der Waals surface area contributed by atoms with Crippen molar-refractivity contribution in [2.24, 2.45) is 0 Å². The Bertz CT molecular complexity index is 919. The van der Waals surface area contributed by atoms with E-state index >= 15 is 0 Å². The minimum absolute atomic E-state index is 0.0641. The number of rotatable bonds is 7. The van der Waals surface area contributed by atoms with Crippen LogP contribution in [0.3, 0.4) is 0 Å². The van der Waals surface area contributed by atoms with Crippen molar-refractivity contribution >= 4 is 16.8 Å². The average Bonchev–Trinajstić information content (AvgIpc) is 3.42. The maximum atomic E-state index is 13.0. The van der Waals surface area contributed by atoms with Gasteiger partial charge in [0.25, 0.3) is 5.91 Å². The summed E-state index contributed by atoms with van der Waals surface area (Å²) < 4.78 is 0. The Morgan fingerprint density at radius 3 is 2.89 bits per heavy atom. The Morgan fingerprint density at radius 2 is 2.07 bits per heavy atom. The number of carbonyl (C=O) groups is 1. The van der Waals surface area contributed by atoms with Crippen molar-refractivity contribution in [3.63, 3.8) is 0 Å². The monoisotopic (exact) mass is 365 g/mol. The van der Waals surface area contributed by atoms with Crippen LogP contribution in [0.25, 0.3) is 10.9 Å². The normalized spacial score (nSPS) is 16.0. The standard InChI is InChI=1S/C21H27N5O/c1-2-3-4-7-18-23-20(26-25-18)21(11-5-6-12-21)24-19(27)16-9-8-15-10-13-22-17(15)14-16/h8-10,13-14,22H,2-7,11-12H2,1H3,(H,24,27)(H,23,25,26). The largest absolute Gasteiger partial charge is 0.361 e. The van der Waals surface area contributed by atoms with Crippen LogP contribution in [-0.2, 0) is 12.0 Å². The summed E-state index contributed by atoms with van der Waals surface area (Å²) >= 11 is 0. The number of benzene rings is 1. The molecule has 1 fully saturated rings. The predicted molar refractivity (Wildman–Crippen MR) is 106 cm³/mol. The molecule has 1 aliphatic carbocycles. The Balaban J connectivity index is 1.54. The smallest absolute Gasteiger partial charge is 0.252 e. The fourth-order valence-electron chi connectivity index (χ4n) is 4.03. The highest BCUT2D eigenvalue weighted by Crippen LogP contribution is 2.37. The van der Waals surface area contributed by atoms with E-state index in [1.54, 1.807) is 0 Å². The number of nitrogens with zero attached hydrogens (tertiary/aromatic N) is 2. The van der Waals surface area contributed by atoms with E-state index < -0.39 is 5.54 Å². The number of H-pyrrole nitrogens is 2. The van der Waals surface area contributed by atoms with Crippen molar-refractivity contribution in [3.05, 3.63) is 47.7 Å². The molecule has 1 aromatic carbocycles. The zero-order chi connectivity index (χ0) is 18.7. The first-order chi connectivity index (χ1) is 13.2. The summed E-state index contributed by atoms with van der Waals surface area (Å²) in [6.45, 7) is 2.19. The molecule has 0 radical (unpaired) electrons. The molecule has 2 heterocycles. The zero-order valence-corrected chi connectivity index (χ0v) is 15.8. The van der Waals surface area contributed by atoms with E-state index in [-0.39, 0.29) is 5.91 Å². The Hall–Kier alpha value is -2.63. The third-order valence-corrected chi connectivity index (χ3v) is 5.60. The van der Waals surface area contributed by atoms with Crippen LogP contribution in [0.4, 0.5) is 0 Å². The third-order valence-electron chi connectivity index (χ3n) is 5.60. The van der Waals surface area contributed by atoms with Gasteiger partial charge in [0.05, 0.1) is 0 Å². The van der Waals surface area contributed by atoms with Crippen molar-refractivity contribution in [3.8, 4) is 0 Å². The molecule has 1 saturated carbocycles. The molecule has 0 saturated heterocycles. The van der Waals surface area contributed by atoms with Crippen LogP contribution in [0.5, 0.6) is 0 Å². The third kappa shape index (κ3) is 3.61. The number of aryl methyl sites for hydroxylation is 1. The molecule has 1 aliphatic rings. The average molecular weight is 365 g/mol. The number of unbranched alkanes of at least 4 members (excludes halogenated alkanes) is 2. The van der Waals surface area contributed by atoms with Crippen molar-refractivity contribution < 1.29 is 4.79 Å². The van der Waals surface area contributed by atoms with Gasteiger partial charge in [-0.3, -0.25) is 9.89 Å². The molecule has 0 spiro atoms. The first kappa shape index (κ1) is 17.8. The van der Waals surface area contributed by atoms with E-state index in [4.69, 9.17) is 4.98 Å². The van der Waals surface area contributed by atoms with Crippen LogP contribution in [0, 0.1) is 0 Å². The molecule has 1 amide bonds. The van der Waals surface area contributed by atoms with E-state index in [9.17, 15) is 4.79 Å². The highest BCUT2D eigenvalue weighted by atomic mass is 16.1. The maximum absolute atomic E-state index is 13.0. The molecule has 4 rings (SSSR count). The van der Waals surface area contributed by atoms with Gasteiger partial charge in [0.2, 0.25) is 0 Å². The predicted octanol–water partition coefficient (Wildman–Crippen LogP) is 4.22. The summed E-state index contributed by atoms with van der Waals surface area (Å²) in [5, 5.41) is 11.9. The molecular formula is C21H27N5O. The highest BCUT2D eigenvalue weighted by molar-refractivity contribution is 5.98. The van der Waals surface area contributed by atoms with Crippen molar-refractivity contribution in [2.75, 3.05) is 0 Å². The van der Waals surface area contributed by atoms with Crippen LogP contribution in [0.15, 0.2) is 30.5 Å². The summed E-state index contributed by atoms with van der Waals surface area (Å²) in [5.41, 5.74) is 1.18. The zero-order valence-electron chi connectivity index (χ0n) is 15.8. The van der Waals surface area contributed by atoms with E-state index in [1.807, 2.05) is 30.5 Å². The minimum atomic E-state index is -0.457. The molecule has 0 aliphatic heterocycles. The summed E-state index contributed by atoms with van der Waals surface area (Å²) in [7, 11) is 0. The van der Waals surface area contributed by atoms with E-state index in [0.29, 0.717) is 5.56 Å². The van der Waals surface area contributed by atoms with Crippen LogP contribution >= 0.6 is 0 Å². The van der Waals surface area contributed by atoms with Crippen LogP contribution in [-0.4, -0.2) is 26.1 Å². The number of hydrogen-bond donors (Lipinski definition) is 3. The molecule has 0 unspecified atom stereocenters. The van der Waals surface area contributed by atoms with Gasteiger partial charge in [0.1, 0.15) is 11.4 Å². The number of amides is 1. The molecule has 2 aromatic heterocycles. The second-order valence-corrected chi connectivity index (χ2v) is 7.59. The minimum Gasteiger partial charge on any atom is -0.361 e. The molecular weight excluding hydrogens is 338 g/mol. The first-order valence-electron chi connectivity index (χ1n) is 10.0. The lowest BCUT2D eigenvalue weighted by molar-refractivity contribution is 0.0893. The molecule has 6 heteroatoms. The maximum Gasteiger partial charge on any atom is 0.252 e. The van der Waals surface area contributed by atoms with E-state index in [0.717, 1.165) is 61.1 Å². The molecule has 0 bridgehead atoms. The van der Waals surface area contributed by atoms with Gasteiger partial charge in [-0.1, -0.05) is 38.7 Å². The number of hydrogen-bond acceptors (Lipinski definition) is 3. The lowest BCUT2D eigenvalue weighted by Gasteiger charge is -2.27. The van der Waals surface area contributed by atoms with E-state index in [1.165, 1.54) is 12.8 Å². The molecule has 27 heavy (non-hydrogen) atoms. The second-order valence-electron chi connectivity index (χ2n) is 7.59. The van der Waals surface area contributed by atoms with Crippen LogP contribution < -0.4 is 5.32 Å². The summed E-state index contributed by atoms with van der Waals surface area (Å²) in [5.74, 6) is 1.60. The van der Waals surface area contributed by atoms with Gasteiger partial charge < -0.3 is 10.3 Å². The summed E-state index contributed by atoms with van der Waals surface area (Å²) in [4.78, 5) is 20.9. The van der Waals surface area contributed by atoms with Crippen molar-refractivity contribution in [2.45, 2.75) is 63.8 Å². The quantitative estimate of drug-likeness (QED) is 0.548. The SMILES string of the molecule is CCCCCc1nc(C2(NC(=O)c3ccc4cc[nH]c4c3)CCCC2)n[nH]1. The summed E-state index contributed by atoms with van der Waals surface area (Å²) in [6, 6.07) is 7.76. The fourth-order valence-corrected chi connectivity index (χ4v) is 4.03. The number of fused-ring (bicyclic) bond motifs is 1. The molecule has 0 atom stereocenters. The highest BCUT2D eigenvalue weighted by Gasteiger charge is 2.40. The first-order valence-corrected chi connectivity index (χ1v) is 10.0. The summed E-state index contributed by atoms with van der Waals surface area (Å²) in [6.07, 6.45) is 10.2. The van der Waals surface area contributed by atoms with Crippen molar-refractivity contribution in [1.82, 2.24) is 25.5 Å². The topological polar surface area (TPSA) is 86.5 Å².